The molecule has 4 heteroatoms. The Labute approximate surface area is 150 Å². The van der Waals surface area contributed by atoms with Crippen molar-refractivity contribution in [1.82, 2.24) is 5.32 Å². The maximum absolute atomic E-state index is 12.3. The molecule has 0 bridgehead atoms. The Morgan fingerprint density at radius 1 is 1.04 bits per heavy atom. The van der Waals surface area contributed by atoms with E-state index in [1.807, 2.05) is 63.2 Å². The summed E-state index contributed by atoms with van der Waals surface area (Å²) >= 11 is 0. The van der Waals surface area contributed by atoms with Crippen molar-refractivity contribution < 1.29 is 14.3 Å². The zero-order valence-electron chi connectivity index (χ0n) is 15.5. The summed E-state index contributed by atoms with van der Waals surface area (Å²) in [5, 5.41) is 2.88. The summed E-state index contributed by atoms with van der Waals surface area (Å²) in [4.78, 5) is 12.3. The number of amides is 1. The van der Waals surface area contributed by atoms with Gasteiger partial charge in [0.25, 0.3) is 5.91 Å². The summed E-state index contributed by atoms with van der Waals surface area (Å²) in [6.07, 6.45) is 0.110. The van der Waals surface area contributed by atoms with Crippen LogP contribution in [0.2, 0.25) is 0 Å². The van der Waals surface area contributed by atoms with Crippen LogP contribution < -0.4 is 14.8 Å². The van der Waals surface area contributed by atoms with Gasteiger partial charge < -0.3 is 14.8 Å². The molecule has 0 spiro atoms. The molecule has 2 aromatic rings. The standard InChI is InChI=1S/C21H27NO3/c1-5-20(25-19-10-9-16(3)17(4)14-19)21(23)22-11-12-24-18-8-6-7-15(2)13-18/h6-10,13-14,20H,5,11-12H2,1-4H3,(H,22,23)/t20-/m1/s1. The van der Waals surface area contributed by atoms with Crippen LogP contribution in [0.25, 0.3) is 0 Å². The van der Waals surface area contributed by atoms with Gasteiger partial charge in [0.2, 0.25) is 0 Å². The lowest BCUT2D eigenvalue weighted by Crippen LogP contribution is -2.39. The molecule has 2 rings (SSSR count). The van der Waals surface area contributed by atoms with E-state index in [9.17, 15) is 4.79 Å². The maximum atomic E-state index is 12.3. The molecule has 2 aromatic carbocycles. The second-order valence-electron chi connectivity index (χ2n) is 6.22. The van der Waals surface area contributed by atoms with E-state index in [-0.39, 0.29) is 5.91 Å². The minimum Gasteiger partial charge on any atom is -0.492 e. The maximum Gasteiger partial charge on any atom is 0.261 e. The third kappa shape index (κ3) is 5.82. The number of aryl methyl sites for hydroxylation is 3. The quantitative estimate of drug-likeness (QED) is 0.739. The van der Waals surface area contributed by atoms with Crippen molar-refractivity contribution in [3.8, 4) is 11.5 Å². The summed E-state index contributed by atoms with van der Waals surface area (Å²) in [6, 6.07) is 13.7. The second kappa shape index (κ2) is 9.11. The van der Waals surface area contributed by atoms with E-state index < -0.39 is 6.10 Å². The first-order valence-corrected chi connectivity index (χ1v) is 8.70. The smallest absolute Gasteiger partial charge is 0.261 e. The fourth-order valence-electron chi connectivity index (χ4n) is 2.44. The van der Waals surface area contributed by atoms with Crippen LogP contribution in [0.1, 0.15) is 30.0 Å². The van der Waals surface area contributed by atoms with Crippen LogP contribution >= 0.6 is 0 Å². The first kappa shape index (κ1) is 18.8. The van der Waals surface area contributed by atoms with Crippen molar-refractivity contribution in [3.63, 3.8) is 0 Å². The van der Waals surface area contributed by atoms with Crippen LogP contribution in [0.3, 0.4) is 0 Å². The molecule has 0 aliphatic carbocycles. The number of carbonyl (C=O) groups is 1. The van der Waals surface area contributed by atoms with E-state index in [0.717, 1.165) is 22.6 Å². The Morgan fingerprint density at radius 3 is 2.52 bits per heavy atom. The van der Waals surface area contributed by atoms with Crippen LogP contribution in [0.15, 0.2) is 42.5 Å². The van der Waals surface area contributed by atoms with Gasteiger partial charge in [-0.05, 0) is 68.1 Å². The minimum atomic E-state index is -0.499. The molecule has 0 aromatic heterocycles. The summed E-state index contributed by atoms with van der Waals surface area (Å²) < 4.78 is 11.5. The SMILES string of the molecule is CC[C@@H](Oc1ccc(C)c(C)c1)C(=O)NCCOc1cccc(C)c1. The fourth-order valence-corrected chi connectivity index (χ4v) is 2.44. The lowest BCUT2D eigenvalue weighted by Gasteiger charge is -2.18. The van der Waals surface area contributed by atoms with Crippen molar-refractivity contribution in [2.75, 3.05) is 13.2 Å². The van der Waals surface area contributed by atoms with Crippen molar-refractivity contribution in [2.45, 2.75) is 40.2 Å². The molecule has 1 amide bonds. The summed E-state index contributed by atoms with van der Waals surface area (Å²) in [7, 11) is 0. The van der Waals surface area contributed by atoms with Gasteiger partial charge in [0, 0.05) is 0 Å². The predicted octanol–water partition coefficient (Wildman–Crippen LogP) is 3.96. The molecule has 25 heavy (non-hydrogen) atoms. The predicted molar refractivity (Wildman–Crippen MR) is 100 cm³/mol. The number of nitrogens with one attached hydrogen (secondary N) is 1. The Hall–Kier alpha value is -2.49. The molecule has 0 heterocycles. The van der Waals surface area contributed by atoms with Crippen LogP contribution in [0.5, 0.6) is 11.5 Å². The Kier molecular flexibility index (Phi) is 6.87. The third-order valence-corrected chi connectivity index (χ3v) is 4.08. The zero-order valence-corrected chi connectivity index (χ0v) is 15.5. The van der Waals surface area contributed by atoms with Crippen molar-refractivity contribution in [2.24, 2.45) is 0 Å². The summed E-state index contributed by atoms with van der Waals surface area (Å²) in [6.45, 7) is 8.91. The molecule has 0 aliphatic heterocycles. The van der Waals surface area contributed by atoms with E-state index in [1.54, 1.807) is 0 Å². The average Bonchev–Trinajstić information content (AvgIpc) is 2.59. The molecule has 0 radical (unpaired) electrons. The Bertz CT molecular complexity index is 712. The van der Waals surface area contributed by atoms with E-state index in [4.69, 9.17) is 9.47 Å². The summed E-state index contributed by atoms with van der Waals surface area (Å²) in [5.74, 6) is 1.42. The molecule has 1 N–H and O–H groups in total. The monoisotopic (exact) mass is 341 g/mol. The largest absolute Gasteiger partial charge is 0.492 e. The van der Waals surface area contributed by atoms with Gasteiger partial charge in [-0.25, -0.2) is 0 Å². The van der Waals surface area contributed by atoms with E-state index in [1.165, 1.54) is 5.56 Å². The van der Waals surface area contributed by atoms with Gasteiger partial charge in [0.05, 0.1) is 6.54 Å². The second-order valence-corrected chi connectivity index (χ2v) is 6.22. The van der Waals surface area contributed by atoms with Gasteiger partial charge >= 0.3 is 0 Å². The fraction of sp³-hybridized carbons (Fsp3) is 0.381. The highest BCUT2D eigenvalue weighted by atomic mass is 16.5. The average molecular weight is 341 g/mol. The van der Waals surface area contributed by atoms with E-state index in [2.05, 4.69) is 12.2 Å². The topological polar surface area (TPSA) is 47.6 Å². The van der Waals surface area contributed by atoms with E-state index >= 15 is 0 Å². The van der Waals surface area contributed by atoms with Crippen molar-refractivity contribution in [1.29, 1.82) is 0 Å². The molecular formula is C21H27NO3. The number of hydrogen-bond donors (Lipinski definition) is 1. The van der Waals surface area contributed by atoms with Crippen LogP contribution in [-0.4, -0.2) is 25.2 Å². The minimum absolute atomic E-state index is 0.117. The van der Waals surface area contributed by atoms with Crippen LogP contribution in [-0.2, 0) is 4.79 Å². The molecule has 0 aliphatic rings. The highest BCUT2D eigenvalue weighted by Gasteiger charge is 2.18. The number of carbonyl (C=O) groups excluding carboxylic acids is 1. The van der Waals surface area contributed by atoms with Crippen LogP contribution in [0.4, 0.5) is 0 Å². The van der Waals surface area contributed by atoms with Crippen molar-refractivity contribution in [3.05, 3.63) is 59.2 Å². The molecule has 134 valence electrons. The lowest BCUT2D eigenvalue weighted by atomic mass is 10.1. The number of rotatable bonds is 8. The van der Waals surface area contributed by atoms with Gasteiger partial charge in [-0.15, -0.1) is 0 Å². The number of ether oxygens (including phenoxy) is 2. The number of benzene rings is 2. The van der Waals surface area contributed by atoms with E-state index in [0.29, 0.717) is 19.6 Å². The molecule has 0 fully saturated rings. The molecule has 4 nitrogen and oxygen atoms in total. The van der Waals surface area contributed by atoms with Gasteiger partial charge in [0.1, 0.15) is 18.1 Å². The van der Waals surface area contributed by atoms with Crippen molar-refractivity contribution >= 4 is 5.91 Å². The first-order valence-electron chi connectivity index (χ1n) is 8.70. The van der Waals surface area contributed by atoms with Gasteiger partial charge in [-0.2, -0.15) is 0 Å². The highest BCUT2D eigenvalue weighted by molar-refractivity contribution is 5.81. The van der Waals surface area contributed by atoms with Gasteiger partial charge in [0.15, 0.2) is 6.10 Å². The zero-order chi connectivity index (χ0) is 18.2. The van der Waals surface area contributed by atoms with Gasteiger partial charge in [-0.1, -0.05) is 25.1 Å². The third-order valence-electron chi connectivity index (χ3n) is 4.08. The normalized spacial score (nSPS) is 11.7. The highest BCUT2D eigenvalue weighted by Crippen LogP contribution is 2.18. The first-order chi connectivity index (χ1) is 12.0. The molecule has 1 atom stereocenters. The number of hydrogen-bond acceptors (Lipinski definition) is 3. The molecule has 0 unspecified atom stereocenters. The Balaban J connectivity index is 1.80. The van der Waals surface area contributed by atoms with Gasteiger partial charge in [-0.3, -0.25) is 4.79 Å². The Morgan fingerprint density at radius 2 is 1.84 bits per heavy atom. The van der Waals surface area contributed by atoms with Crippen LogP contribution in [0, 0.1) is 20.8 Å². The lowest BCUT2D eigenvalue weighted by molar-refractivity contribution is -0.128. The summed E-state index contributed by atoms with van der Waals surface area (Å²) in [5.41, 5.74) is 3.51. The molecule has 0 saturated carbocycles. The molecule has 0 saturated heterocycles. The molecular weight excluding hydrogens is 314 g/mol.